The van der Waals surface area contributed by atoms with Crippen LogP contribution in [0.1, 0.15) is 0 Å². The summed E-state index contributed by atoms with van der Waals surface area (Å²) in [6.07, 6.45) is 0. The first kappa shape index (κ1) is 16.8. The average Bonchev–Trinajstić information content (AvgIpc) is 0.811. The van der Waals surface area contributed by atoms with Gasteiger partial charge < -0.3 is 0 Å². The summed E-state index contributed by atoms with van der Waals surface area (Å²) in [7, 11) is 0. The quantitative estimate of drug-likeness (QED) is 0.395. The molecule has 0 spiro atoms. The molecule has 0 heterocycles. The molecule has 0 aromatic carbocycles. The SMILES string of the molecule is [Cs+].[Cs+].[F][Co-2]([F])[F]. The van der Waals surface area contributed by atoms with Gasteiger partial charge in [0.25, 0.3) is 0 Å². The summed E-state index contributed by atoms with van der Waals surface area (Å²) in [5, 5.41) is 0. The molecule has 0 radical (unpaired) electrons. The van der Waals surface area contributed by atoms with Crippen LogP contribution in [0.4, 0.5) is 10.7 Å². The van der Waals surface area contributed by atoms with E-state index in [0.29, 0.717) is 0 Å². The van der Waals surface area contributed by atoms with Crippen LogP contribution in [0.3, 0.4) is 0 Å². The van der Waals surface area contributed by atoms with Crippen molar-refractivity contribution >= 4 is 0 Å². The number of rotatable bonds is 0. The van der Waals surface area contributed by atoms with Gasteiger partial charge >= 0.3 is 164 Å². The molecule has 0 fully saturated rings. The Hall–Kier alpha value is 4.40. The molecule has 6 heteroatoms. The topological polar surface area (TPSA) is 0 Å². The molecule has 0 saturated carbocycles. The van der Waals surface area contributed by atoms with Crippen LogP contribution >= 0.6 is 0 Å². The molecule has 0 unspecified atom stereocenters. The fourth-order valence-electron chi connectivity index (χ4n) is 0. The van der Waals surface area contributed by atoms with Crippen molar-refractivity contribution in [3.8, 4) is 0 Å². The monoisotopic (exact) mass is 382 g/mol. The Balaban J connectivity index is -0.0000000450. The molecule has 0 aromatic heterocycles. The molecule has 0 nitrogen and oxygen atoms in total. The van der Waals surface area contributed by atoms with E-state index in [2.05, 4.69) is 0 Å². The number of hydrogen-bond donors (Lipinski definition) is 0. The predicted molar refractivity (Wildman–Crippen MR) is 3.32 cm³/mol. The van der Waals surface area contributed by atoms with Crippen molar-refractivity contribution in [3.63, 3.8) is 0 Å². The number of halogens is 3. The summed E-state index contributed by atoms with van der Waals surface area (Å²) in [4.78, 5) is 0. The van der Waals surface area contributed by atoms with Gasteiger partial charge in [-0.3, -0.25) is 0 Å². The molecular formula is CoCs2F3. The van der Waals surface area contributed by atoms with Gasteiger partial charge in [-0.05, 0) is 0 Å². The maximum absolute atomic E-state index is 9.73. The normalized spacial score (nSPS) is 7.50. The Labute approximate surface area is 157 Å². The first-order valence-corrected chi connectivity index (χ1v) is 1.56. The molecule has 0 aliphatic carbocycles. The van der Waals surface area contributed by atoms with Crippen molar-refractivity contribution in [2.45, 2.75) is 0 Å². The summed E-state index contributed by atoms with van der Waals surface area (Å²) in [5.74, 6) is 0. The second-order valence-corrected chi connectivity index (χ2v) is 0.589. The molecule has 0 bridgehead atoms. The van der Waals surface area contributed by atoms with E-state index in [1.165, 1.54) is 0 Å². The van der Waals surface area contributed by atoms with Crippen LogP contribution in [-0.4, -0.2) is 0 Å². The number of hydrogen-bond acceptors (Lipinski definition) is 0. The summed E-state index contributed by atoms with van der Waals surface area (Å²) >= 11 is -4.10. The van der Waals surface area contributed by atoms with Crippen LogP contribution in [-0.2, 0) is 15.0 Å². The molecule has 6 heavy (non-hydrogen) atoms. The van der Waals surface area contributed by atoms with Gasteiger partial charge in [0.2, 0.25) is 0 Å². The van der Waals surface area contributed by atoms with Crippen LogP contribution in [0.15, 0.2) is 0 Å². The van der Waals surface area contributed by atoms with Gasteiger partial charge in [-0.1, -0.05) is 0 Å². The minimum atomic E-state index is -4.10. The van der Waals surface area contributed by atoms with Crippen LogP contribution in [0.2, 0.25) is 0 Å². The van der Waals surface area contributed by atoms with Gasteiger partial charge in [0, 0.05) is 0 Å². The maximum atomic E-state index is 9.73. The summed E-state index contributed by atoms with van der Waals surface area (Å²) in [6, 6.07) is 0. The van der Waals surface area contributed by atoms with Gasteiger partial charge in [-0.15, -0.1) is 0 Å². The molecule has 0 amide bonds. The van der Waals surface area contributed by atoms with Gasteiger partial charge in [0.05, 0.1) is 0 Å². The molecule has 32 valence electrons. The second-order valence-electron chi connectivity index (χ2n) is 0.143. The Morgan fingerprint density at radius 2 is 0.833 bits per heavy atom. The van der Waals surface area contributed by atoms with E-state index in [9.17, 15) is 10.7 Å². The van der Waals surface area contributed by atoms with Crippen molar-refractivity contribution in [2.24, 2.45) is 0 Å². The third kappa shape index (κ3) is 23.8. The summed E-state index contributed by atoms with van der Waals surface area (Å²) < 4.78 is 29.2. The zero-order chi connectivity index (χ0) is 3.58. The predicted octanol–water partition coefficient (Wildman–Crippen LogP) is -4.73. The molecule has 0 aromatic rings. The van der Waals surface area contributed by atoms with Crippen molar-refractivity contribution < 1.29 is 164 Å². The van der Waals surface area contributed by atoms with Gasteiger partial charge in [-0.25, -0.2) is 0 Å². The van der Waals surface area contributed by atoms with Crippen LogP contribution < -0.4 is 138 Å². The Morgan fingerprint density at radius 3 is 0.833 bits per heavy atom. The first-order chi connectivity index (χ1) is 1.73. The third-order valence-corrected chi connectivity index (χ3v) is 0. The van der Waals surface area contributed by atoms with E-state index in [1.807, 2.05) is 0 Å². The van der Waals surface area contributed by atoms with Crippen molar-refractivity contribution in [3.05, 3.63) is 0 Å². The van der Waals surface area contributed by atoms with Crippen LogP contribution in [0.5, 0.6) is 0 Å². The van der Waals surface area contributed by atoms with Gasteiger partial charge in [-0.2, -0.15) is 0 Å². The fourth-order valence-corrected chi connectivity index (χ4v) is 0. The molecule has 0 atom stereocenters. The summed E-state index contributed by atoms with van der Waals surface area (Å²) in [5.41, 5.74) is 0. The van der Waals surface area contributed by atoms with E-state index in [4.69, 9.17) is 0 Å². The molecule has 0 aliphatic heterocycles. The van der Waals surface area contributed by atoms with Crippen molar-refractivity contribution in [2.75, 3.05) is 0 Å². The zero-order valence-corrected chi connectivity index (χ0v) is 17.1. The molecule has 0 aliphatic rings. The van der Waals surface area contributed by atoms with Crippen LogP contribution in [0.25, 0.3) is 0 Å². The summed E-state index contributed by atoms with van der Waals surface area (Å²) in [6.45, 7) is 0. The van der Waals surface area contributed by atoms with Gasteiger partial charge in [0.15, 0.2) is 0 Å². The fraction of sp³-hybridized carbons (Fsp3) is 0. The Bertz CT molecular complexity index is 13.5. The van der Waals surface area contributed by atoms with Gasteiger partial charge in [0.1, 0.15) is 0 Å². The van der Waals surface area contributed by atoms with E-state index in [-0.39, 0.29) is 138 Å². The second kappa shape index (κ2) is 12.1. The Kier molecular flexibility index (Phi) is 33.9. The molecular weight excluding hydrogens is 382 g/mol. The van der Waals surface area contributed by atoms with Crippen LogP contribution in [0, 0.1) is 0 Å². The van der Waals surface area contributed by atoms with Crippen molar-refractivity contribution in [1.82, 2.24) is 0 Å². The van der Waals surface area contributed by atoms with E-state index < -0.39 is 15.0 Å². The molecule has 0 rings (SSSR count). The standard InChI is InChI=1S/Co.2Cs.3FH/h;;;3*1H/q3*+1;;;/p-3. The van der Waals surface area contributed by atoms with E-state index in [0.717, 1.165) is 0 Å². The molecule has 0 N–H and O–H groups in total. The average molecular weight is 382 g/mol. The minimum absolute atomic E-state index is 0. The van der Waals surface area contributed by atoms with E-state index >= 15 is 0 Å². The molecule has 0 saturated heterocycles. The third-order valence-electron chi connectivity index (χ3n) is 0. The van der Waals surface area contributed by atoms with E-state index in [1.54, 1.807) is 0 Å². The Morgan fingerprint density at radius 1 is 0.833 bits per heavy atom. The zero-order valence-electron chi connectivity index (χ0n) is 3.47. The van der Waals surface area contributed by atoms with Crippen molar-refractivity contribution in [1.29, 1.82) is 0 Å². The first-order valence-electron chi connectivity index (χ1n) is 0.378.